The Morgan fingerprint density at radius 3 is 2.76 bits per heavy atom. The molecule has 128 valence electrons. The first-order valence-electron chi connectivity index (χ1n) is 7.76. The largest absolute Gasteiger partial charge is 0.467 e. The molecule has 0 amide bonds. The summed E-state index contributed by atoms with van der Waals surface area (Å²) >= 11 is 6.14. The molecule has 1 aromatic heterocycles. The summed E-state index contributed by atoms with van der Waals surface area (Å²) in [5.41, 5.74) is 2.48. The third kappa shape index (κ3) is 2.76. The van der Waals surface area contributed by atoms with Gasteiger partial charge >= 0.3 is 6.01 Å². The van der Waals surface area contributed by atoms with Gasteiger partial charge < -0.3 is 9.64 Å². The molecule has 25 heavy (non-hydrogen) atoms. The number of hydrogen-bond donors (Lipinski definition) is 0. The van der Waals surface area contributed by atoms with E-state index in [9.17, 15) is 8.78 Å². The first kappa shape index (κ1) is 16.0. The van der Waals surface area contributed by atoms with Gasteiger partial charge in [-0.3, -0.25) is 0 Å². The second-order valence-electron chi connectivity index (χ2n) is 5.79. The van der Waals surface area contributed by atoms with Crippen molar-refractivity contribution in [2.45, 2.75) is 12.8 Å². The highest BCUT2D eigenvalue weighted by molar-refractivity contribution is 6.31. The zero-order chi connectivity index (χ0) is 17.6. The van der Waals surface area contributed by atoms with E-state index in [0.717, 1.165) is 18.7 Å². The molecule has 2 heterocycles. The standard InChI is InChI=1S/C18H14ClF2N3O/c1-25-18-22-14-8-11(16(20)21)3-5-13(14)17(23-18)24-7-6-10-2-4-12(19)9-15(10)24/h2-5,8-9,16H,6-7H2,1H3. The van der Waals surface area contributed by atoms with Crippen molar-refractivity contribution in [2.75, 3.05) is 18.6 Å². The number of anilines is 2. The number of halogens is 3. The number of methoxy groups -OCH3 is 1. The lowest BCUT2D eigenvalue weighted by molar-refractivity contribution is 0.151. The monoisotopic (exact) mass is 361 g/mol. The summed E-state index contributed by atoms with van der Waals surface area (Å²) in [7, 11) is 1.46. The average Bonchev–Trinajstić information content (AvgIpc) is 3.02. The van der Waals surface area contributed by atoms with Crippen LogP contribution in [0.2, 0.25) is 5.02 Å². The van der Waals surface area contributed by atoms with Crippen LogP contribution in [0.3, 0.4) is 0 Å². The van der Waals surface area contributed by atoms with Crippen molar-refractivity contribution in [1.82, 2.24) is 9.97 Å². The molecule has 0 radical (unpaired) electrons. The number of fused-ring (bicyclic) bond motifs is 2. The van der Waals surface area contributed by atoms with Crippen LogP contribution in [0, 0.1) is 0 Å². The summed E-state index contributed by atoms with van der Waals surface area (Å²) in [5.74, 6) is 0.628. The van der Waals surface area contributed by atoms with Gasteiger partial charge in [0.1, 0.15) is 5.82 Å². The maximum Gasteiger partial charge on any atom is 0.318 e. The summed E-state index contributed by atoms with van der Waals surface area (Å²) in [5, 5.41) is 1.33. The van der Waals surface area contributed by atoms with Crippen molar-refractivity contribution in [3.63, 3.8) is 0 Å². The first-order chi connectivity index (χ1) is 12.1. The van der Waals surface area contributed by atoms with E-state index in [0.29, 0.717) is 21.7 Å². The van der Waals surface area contributed by atoms with Gasteiger partial charge in [-0.05, 0) is 36.2 Å². The van der Waals surface area contributed by atoms with Gasteiger partial charge in [0.25, 0.3) is 6.43 Å². The molecule has 0 saturated heterocycles. The predicted molar refractivity (Wildman–Crippen MR) is 93.2 cm³/mol. The lowest BCUT2D eigenvalue weighted by Crippen LogP contribution is -2.16. The van der Waals surface area contributed by atoms with E-state index in [4.69, 9.17) is 16.3 Å². The lowest BCUT2D eigenvalue weighted by Gasteiger charge is -2.21. The van der Waals surface area contributed by atoms with Crippen LogP contribution in [0.15, 0.2) is 36.4 Å². The number of ether oxygens (including phenoxy) is 1. The highest BCUT2D eigenvalue weighted by atomic mass is 35.5. The van der Waals surface area contributed by atoms with E-state index < -0.39 is 6.43 Å². The Morgan fingerprint density at radius 2 is 2.00 bits per heavy atom. The molecule has 0 spiro atoms. The molecule has 0 unspecified atom stereocenters. The first-order valence-corrected chi connectivity index (χ1v) is 8.14. The van der Waals surface area contributed by atoms with Crippen LogP contribution < -0.4 is 9.64 Å². The molecule has 7 heteroatoms. The molecule has 4 nitrogen and oxygen atoms in total. The summed E-state index contributed by atoms with van der Waals surface area (Å²) in [6.07, 6.45) is -1.70. The smallest absolute Gasteiger partial charge is 0.318 e. The van der Waals surface area contributed by atoms with Crippen molar-refractivity contribution >= 4 is 34.0 Å². The van der Waals surface area contributed by atoms with Crippen LogP contribution in [0.1, 0.15) is 17.6 Å². The lowest BCUT2D eigenvalue weighted by atomic mass is 10.1. The molecule has 0 bridgehead atoms. The number of aromatic nitrogens is 2. The normalized spacial score (nSPS) is 13.6. The van der Waals surface area contributed by atoms with Gasteiger partial charge in [0.15, 0.2) is 0 Å². The minimum Gasteiger partial charge on any atom is -0.467 e. The van der Waals surface area contributed by atoms with Gasteiger partial charge in [-0.1, -0.05) is 23.7 Å². The zero-order valence-electron chi connectivity index (χ0n) is 13.3. The Kier molecular flexibility index (Phi) is 3.92. The highest BCUT2D eigenvalue weighted by Gasteiger charge is 2.25. The Hall–Kier alpha value is -2.47. The number of nitrogens with zero attached hydrogens (tertiary/aromatic N) is 3. The number of rotatable bonds is 3. The fourth-order valence-corrected chi connectivity index (χ4v) is 3.28. The minimum absolute atomic E-state index is 0.0796. The van der Waals surface area contributed by atoms with Gasteiger partial charge in [0.05, 0.1) is 12.6 Å². The average molecular weight is 362 g/mol. The molecule has 1 aliphatic rings. The third-order valence-electron chi connectivity index (χ3n) is 4.31. The van der Waals surface area contributed by atoms with Crippen LogP contribution in [0.4, 0.5) is 20.3 Å². The third-order valence-corrected chi connectivity index (χ3v) is 4.55. The van der Waals surface area contributed by atoms with Crippen LogP contribution in [-0.2, 0) is 6.42 Å². The predicted octanol–water partition coefficient (Wildman–Crippen LogP) is 4.92. The van der Waals surface area contributed by atoms with Gasteiger partial charge in [-0.2, -0.15) is 9.97 Å². The van der Waals surface area contributed by atoms with Crippen LogP contribution in [0.5, 0.6) is 6.01 Å². The van der Waals surface area contributed by atoms with Gasteiger partial charge in [0.2, 0.25) is 0 Å². The molecule has 0 atom stereocenters. The van der Waals surface area contributed by atoms with E-state index in [2.05, 4.69) is 9.97 Å². The molecule has 2 aromatic carbocycles. The number of benzene rings is 2. The number of hydrogen-bond acceptors (Lipinski definition) is 4. The summed E-state index contributed by atoms with van der Waals surface area (Å²) in [4.78, 5) is 10.7. The van der Waals surface area contributed by atoms with Crippen molar-refractivity contribution in [3.8, 4) is 6.01 Å². The Balaban J connectivity index is 1.92. The van der Waals surface area contributed by atoms with Gasteiger partial charge in [-0.15, -0.1) is 0 Å². The van der Waals surface area contributed by atoms with Gasteiger partial charge in [0, 0.05) is 28.2 Å². The Morgan fingerprint density at radius 1 is 1.16 bits per heavy atom. The maximum atomic E-state index is 13.0. The minimum atomic E-state index is -2.56. The van der Waals surface area contributed by atoms with Gasteiger partial charge in [-0.25, -0.2) is 8.78 Å². The van der Waals surface area contributed by atoms with Crippen molar-refractivity contribution in [2.24, 2.45) is 0 Å². The molecular formula is C18H14ClF2N3O. The fourth-order valence-electron chi connectivity index (χ4n) is 3.11. The Labute approximate surface area is 148 Å². The molecule has 0 aliphatic carbocycles. The maximum absolute atomic E-state index is 13.0. The SMILES string of the molecule is COc1nc(N2CCc3ccc(Cl)cc32)c2ccc(C(F)F)cc2n1. The van der Waals surface area contributed by atoms with Crippen LogP contribution >= 0.6 is 11.6 Å². The van der Waals surface area contributed by atoms with Crippen molar-refractivity contribution < 1.29 is 13.5 Å². The summed E-state index contributed by atoms with van der Waals surface area (Å²) < 4.78 is 31.2. The van der Waals surface area contributed by atoms with Crippen molar-refractivity contribution in [3.05, 3.63) is 52.5 Å². The van der Waals surface area contributed by atoms with E-state index >= 15 is 0 Å². The Bertz CT molecular complexity index is 964. The quantitative estimate of drug-likeness (QED) is 0.663. The van der Waals surface area contributed by atoms with E-state index in [1.807, 2.05) is 23.1 Å². The summed E-state index contributed by atoms with van der Waals surface area (Å²) in [6.45, 7) is 0.724. The molecular weight excluding hydrogens is 348 g/mol. The molecule has 4 rings (SSSR count). The highest BCUT2D eigenvalue weighted by Crippen LogP contribution is 2.39. The molecule has 0 N–H and O–H groups in total. The second-order valence-corrected chi connectivity index (χ2v) is 6.22. The van der Waals surface area contributed by atoms with Crippen LogP contribution in [0.25, 0.3) is 10.9 Å². The molecule has 0 fully saturated rings. The fraction of sp³-hybridized carbons (Fsp3) is 0.222. The topological polar surface area (TPSA) is 38.2 Å². The van der Waals surface area contributed by atoms with Crippen LogP contribution in [-0.4, -0.2) is 23.6 Å². The van der Waals surface area contributed by atoms with E-state index in [-0.39, 0.29) is 11.6 Å². The molecule has 3 aromatic rings. The molecule has 0 saturated carbocycles. The second kappa shape index (κ2) is 6.11. The summed E-state index contributed by atoms with van der Waals surface area (Å²) in [6, 6.07) is 10.3. The molecule has 1 aliphatic heterocycles. The van der Waals surface area contributed by atoms with E-state index in [1.165, 1.54) is 24.8 Å². The van der Waals surface area contributed by atoms with E-state index in [1.54, 1.807) is 6.07 Å². The van der Waals surface area contributed by atoms with Crippen molar-refractivity contribution in [1.29, 1.82) is 0 Å². The zero-order valence-corrected chi connectivity index (χ0v) is 14.1. The number of alkyl halides is 2.